The van der Waals surface area contributed by atoms with Crippen LogP contribution in [-0.4, -0.2) is 4.70 Å². The third-order valence-corrected chi connectivity index (χ3v) is 16.8. The Hall–Kier alpha value is -1.99. The molecule has 1 heterocycles. The van der Waals surface area contributed by atoms with Gasteiger partial charge in [-0.25, -0.2) is 4.70 Å². The maximum absolute atomic E-state index is 12.6. The van der Waals surface area contributed by atoms with E-state index in [9.17, 15) is 5.53 Å². The maximum atomic E-state index is 12.6. The van der Waals surface area contributed by atoms with Crippen LogP contribution in [0.2, 0.25) is 0 Å². The zero-order valence-electron chi connectivity index (χ0n) is 54.7. The first-order valence-electron chi connectivity index (χ1n) is 35.1. The molecule has 3 heteroatoms. The predicted octanol–water partition coefficient (Wildman–Crippen LogP) is 26.3. The molecule has 0 saturated heterocycles. The number of aryl methyl sites for hydroxylation is 4. The van der Waals surface area contributed by atoms with Crippen LogP contribution < -0.4 is 0 Å². The predicted molar refractivity (Wildman–Crippen MR) is 354 cm³/mol. The van der Waals surface area contributed by atoms with E-state index in [0.29, 0.717) is 0 Å². The summed E-state index contributed by atoms with van der Waals surface area (Å²) in [6.45, 7) is 28.4. The average Bonchev–Trinajstić information content (AvgIpc) is 3.84. The SMILES string of the molecule is CCCCCCc1cc(C2=CC(CCCC)=C(c3cc(CCCCCC)c(CCCCCC)c(CCCCCC)c3)[N+]2=[N-])cc(CCCCCC)c1CCCCCC.[CH2-]CCCCCCCCC.[CH2-]CCCCCCCCC.[Ni+2]. The van der Waals surface area contributed by atoms with Crippen LogP contribution in [0.15, 0.2) is 35.9 Å². The second-order valence-corrected chi connectivity index (χ2v) is 24.2. The Morgan fingerprint density at radius 3 is 0.848 bits per heavy atom. The molecule has 0 saturated carbocycles. The van der Waals surface area contributed by atoms with Crippen LogP contribution in [0.3, 0.4) is 0 Å². The Labute approximate surface area is 506 Å². The number of hydrogen-bond acceptors (Lipinski definition) is 0. The van der Waals surface area contributed by atoms with E-state index in [4.69, 9.17) is 0 Å². The molecule has 0 bridgehead atoms. The Morgan fingerprint density at radius 1 is 0.304 bits per heavy atom. The van der Waals surface area contributed by atoms with E-state index in [0.717, 1.165) is 69.2 Å². The summed E-state index contributed by atoms with van der Waals surface area (Å²) in [5.74, 6) is 0. The van der Waals surface area contributed by atoms with E-state index in [1.54, 1.807) is 38.1 Å². The van der Waals surface area contributed by atoms with Gasteiger partial charge < -0.3 is 19.4 Å². The van der Waals surface area contributed by atoms with Crippen molar-refractivity contribution < 1.29 is 21.2 Å². The van der Waals surface area contributed by atoms with Crippen LogP contribution in [0.1, 0.15) is 383 Å². The van der Waals surface area contributed by atoms with Gasteiger partial charge in [0.2, 0.25) is 11.4 Å². The van der Waals surface area contributed by atoms with E-state index < -0.39 is 0 Å². The maximum Gasteiger partial charge on any atom is 2.00 e. The molecular formula is C76H134N2Ni. The minimum absolute atomic E-state index is 0. The van der Waals surface area contributed by atoms with Crippen LogP contribution in [0.5, 0.6) is 0 Å². The zero-order chi connectivity index (χ0) is 57.1. The molecule has 2 aromatic rings. The first-order chi connectivity index (χ1) is 38.3. The number of benzene rings is 2. The Kier molecular flexibility index (Phi) is 53.8. The third-order valence-electron chi connectivity index (χ3n) is 16.8. The number of rotatable bonds is 49. The van der Waals surface area contributed by atoms with E-state index in [1.807, 2.05) is 0 Å². The summed E-state index contributed by atoms with van der Waals surface area (Å²) in [6.07, 6.45) is 65.6. The van der Waals surface area contributed by atoms with Crippen molar-refractivity contribution in [2.45, 2.75) is 377 Å². The molecule has 0 aromatic heterocycles. The number of allylic oxidation sites excluding steroid dienone is 2. The van der Waals surface area contributed by atoms with Gasteiger partial charge in [-0.2, -0.15) is 12.8 Å². The Balaban J connectivity index is 0.00000243. The fourth-order valence-corrected chi connectivity index (χ4v) is 11.7. The summed E-state index contributed by atoms with van der Waals surface area (Å²) in [5, 5.41) is 0. The Morgan fingerprint density at radius 2 is 0.557 bits per heavy atom. The summed E-state index contributed by atoms with van der Waals surface area (Å²) in [4.78, 5) is 0. The smallest absolute Gasteiger partial charge is 0.493 e. The van der Waals surface area contributed by atoms with Crippen molar-refractivity contribution in [3.63, 3.8) is 0 Å². The van der Waals surface area contributed by atoms with E-state index in [-0.39, 0.29) is 16.5 Å². The van der Waals surface area contributed by atoms with Gasteiger partial charge in [-0.3, -0.25) is 0 Å². The topological polar surface area (TPSA) is 25.3 Å². The van der Waals surface area contributed by atoms with Gasteiger partial charge in [0, 0.05) is 22.8 Å². The number of hydrogen-bond donors (Lipinski definition) is 0. The first kappa shape index (κ1) is 77.0. The fraction of sp³-hybridized carbons (Fsp3) is 0.763. The van der Waals surface area contributed by atoms with Gasteiger partial charge in [0.05, 0.1) is 0 Å². The number of nitrogens with zero attached hydrogens (tertiary/aromatic N) is 2. The van der Waals surface area contributed by atoms with Crippen molar-refractivity contribution in [1.29, 1.82) is 0 Å². The summed E-state index contributed by atoms with van der Waals surface area (Å²) in [5.41, 5.74) is 28.0. The van der Waals surface area contributed by atoms with Crippen molar-refractivity contribution >= 4 is 11.4 Å². The Bertz CT molecular complexity index is 1680. The molecule has 0 fully saturated rings. The first-order valence-corrected chi connectivity index (χ1v) is 35.1. The van der Waals surface area contributed by atoms with Crippen molar-refractivity contribution in [2.24, 2.45) is 0 Å². The summed E-state index contributed by atoms with van der Waals surface area (Å²) in [7, 11) is 0. The molecule has 0 atom stereocenters. The van der Waals surface area contributed by atoms with E-state index in [1.165, 1.54) is 274 Å². The van der Waals surface area contributed by atoms with Gasteiger partial charge in [0.25, 0.3) is 0 Å². The summed E-state index contributed by atoms with van der Waals surface area (Å²) >= 11 is 0. The van der Waals surface area contributed by atoms with Crippen molar-refractivity contribution in [1.82, 2.24) is 0 Å². The molecule has 0 radical (unpaired) electrons. The largest absolute Gasteiger partial charge is 2.00 e. The molecule has 1 aliphatic heterocycles. The second-order valence-electron chi connectivity index (χ2n) is 24.2. The summed E-state index contributed by atoms with van der Waals surface area (Å²) < 4.78 is 1.65. The fourth-order valence-electron chi connectivity index (χ4n) is 11.7. The second kappa shape index (κ2) is 55.2. The van der Waals surface area contributed by atoms with Crippen LogP contribution >= 0.6 is 0 Å². The molecule has 3 rings (SSSR count). The summed E-state index contributed by atoms with van der Waals surface area (Å²) in [6, 6.07) is 10.1. The van der Waals surface area contributed by atoms with Crippen molar-refractivity contribution in [3.05, 3.63) is 99.8 Å². The van der Waals surface area contributed by atoms with Gasteiger partial charge in [-0.15, -0.1) is 0 Å². The molecule has 79 heavy (non-hydrogen) atoms. The van der Waals surface area contributed by atoms with Gasteiger partial charge in [-0.1, -0.05) is 274 Å². The van der Waals surface area contributed by atoms with Gasteiger partial charge in [0.1, 0.15) is 0 Å². The monoisotopic (exact) mass is 1130 g/mol. The zero-order valence-corrected chi connectivity index (χ0v) is 55.6. The van der Waals surface area contributed by atoms with E-state index in [2.05, 4.69) is 107 Å². The van der Waals surface area contributed by atoms with Crippen LogP contribution in [-0.2, 0) is 55.0 Å². The minimum Gasteiger partial charge on any atom is -0.493 e. The molecule has 0 amide bonds. The molecule has 0 N–H and O–H groups in total. The van der Waals surface area contributed by atoms with Gasteiger partial charge >= 0.3 is 16.5 Å². The van der Waals surface area contributed by atoms with Crippen molar-refractivity contribution in [3.8, 4) is 0 Å². The molecule has 1 aliphatic rings. The van der Waals surface area contributed by atoms with Crippen LogP contribution in [0, 0.1) is 13.8 Å². The molecular weight excluding hydrogens is 1000 g/mol. The average molecular weight is 1130 g/mol. The molecule has 2 aromatic carbocycles. The van der Waals surface area contributed by atoms with Gasteiger partial charge in [-0.05, 0) is 148 Å². The van der Waals surface area contributed by atoms with Crippen LogP contribution in [0.4, 0.5) is 0 Å². The molecule has 0 spiro atoms. The third kappa shape index (κ3) is 35.7. The normalized spacial score (nSPS) is 12.1. The van der Waals surface area contributed by atoms with Gasteiger partial charge in [0.15, 0.2) is 0 Å². The molecule has 458 valence electrons. The van der Waals surface area contributed by atoms with Crippen LogP contribution in [0.25, 0.3) is 16.9 Å². The minimum atomic E-state index is 0. The standard InChI is InChI=1S/C56H92N2.2C10H21.Ni/c1-8-15-22-28-35-46-41-51(42-47(36-29-23-16-9-2)53(46)39-32-26-19-12-5)55-45-50(34-21-14-7)56(58(55)57)52-43-48(37-30-24-17-10-3)54(40-33-27-20-13-6)49(44-52)38-31-25-18-11-4;2*1-3-5-7-9-10-8-6-4-2;/h41-45H,8-40H2,1-7H3;2*1,3-10H2,2H3;/q;2*-1;+2. The molecule has 0 aliphatic carbocycles. The number of unbranched alkanes of at least 4 members (excludes halogenated alkanes) is 33. The molecule has 0 unspecified atom stereocenters. The quantitative estimate of drug-likeness (QED) is 0.0273. The van der Waals surface area contributed by atoms with E-state index >= 15 is 0 Å². The molecule has 2 nitrogen and oxygen atoms in total. The van der Waals surface area contributed by atoms with Crippen molar-refractivity contribution in [2.75, 3.05) is 0 Å².